The molecular formula is C8H10F2N2. The third-order valence-electron chi connectivity index (χ3n) is 1.66. The summed E-state index contributed by atoms with van der Waals surface area (Å²) >= 11 is 0. The van der Waals surface area contributed by atoms with Crippen LogP contribution in [0.2, 0.25) is 0 Å². The Kier molecular flexibility index (Phi) is 2.73. The Bertz CT molecular complexity index is 287. The highest BCUT2D eigenvalue weighted by Crippen LogP contribution is 2.15. The van der Waals surface area contributed by atoms with E-state index in [2.05, 4.69) is 5.43 Å². The maximum absolute atomic E-state index is 13.1. The van der Waals surface area contributed by atoms with E-state index in [0.29, 0.717) is 5.56 Å². The minimum Gasteiger partial charge on any atom is -0.271 e. The van der Waals surface area contributed by atoms with E-state index in [1.165, 1.54) is 12.1 Å². The van der Waals surface area contributed by atoms with Gasteiger partial charge in [0.2, 0.25) is 0 Å². The average Bonchev–Trinajstić information content (AvgIpc) is 2.06. The van der Waals surface area contributed by atoms with Crippen LogP contribution in [0.5, 0.6) is 0 Å². The molecule has 0 radical (unpaired) electrons. The molecule has 3 N–H and O–H groups in total. The number of hydrogen-bond donors (Lipinski definition) is 2. The molecule has 0 aliphatic heterocycles. The number of benzene rings is 1. The first-order chi connectivity index (χ1) is 5.66. The summed E-state index contributed by atoms with van der Waals surface area (Å²) < 4.78 is 26.0. The van der Waals surface area contributed by atoms with Crippen molar-refractivity contribution >= 4 is 0 Å². The van der Waals surface area contributed by atoms with Gasteiger partial charge in [0.1, 0.15) is 11.6 Å². The molecule has 0 fully saturated rings. The summed E-state index contributed by atoms with van der Waals surface area (Å²) in [5.41, 5.74) is 2.61. The summed E-state index contributed by atoms with van der Waals surface area (Å²) in [5.74, 6) is 3.86. The molecule has 0 bridgehead atoms. The van der Waals surface area contributed by atoms with Crippen LogP contribution in [0.1, 0.15) is 11.1 Å². The lowest BCUT2D eigenvalue weighted by Crippen LogP contribution is -2.22. The van der Waals surface area contributed by atoms with Crippen molar-refractivity contribution in [3.05, 3.63) is 34.9 Å². The first-order valence-electron chi connectivity index (χ1n) is 3.53. The summed E-state index contributed by atoms with van der Waals surface area (Å²) in [7, 11) is 0. The van der Waals surface area contributed by atoms with Crippen LogP contribution in [0.25, 0.3) is 0 Å². The molecule has 4 heteroatoms. The Hall–Kier alpha value is -1.00. The maximum Gasteiger partial charge on any atom is 0.133 e. The lowest BCUT2D eigenvalue weighted by molar-refractivity contribution is 0.535. The zero-order valence-electron chi connectivity index (χ0n) is 6.70. The van der Waals surface area contributed by atoms with Crippen molar-refractivity contribution in [3.8, 4) is 0 Å². The second-order valence-corrected chi connectivity index (χ2v) is 2.54. The third kappa shape index (κ3) is 1.60. The Morgan fingerprint density at radius 2 is 2.08 bits per heavy atom. The van der Waals surface area contributed by atoms with Gasteiger partial charge >= 0.3 is 0 Å². The van der Waals surface area contributed by atoms with E-state index in [4.69, 9.17) is 5.84 Å². The van der Waals surface area contributed by atoms with Crippen LogP contribution in [0.4, 0.5) is 8.78 Å². The monoisotopic (exact) mass is 172 g/mol. The van der Waals surface area contributed by atoms with E-state index in [1.54, 1.807) is 6.92 Å². The molecule has 0 aliphatic rings. The van der Waals surface area contributed by atoms with Crippen molar-refractivity contribution in [2.45, 2.75) is 13.5 Å². The van der Waals surface area contributed by atoms with Gasteiger partial charge in [-0.05, 0) is 18.6 Å². The maximum atomic E-state index is 13.1. The van der Waals surface area contributed by atoms with Crippen LogP contribution in [-0.2, 0) is 6.54 Å². The second kappa shape index (κ2) is 3.60. The number of halogens is 2. The molecule has 0 atom stereocenters. The third-order valence-corrected chi connectivity index (χ3v) is 1.66. The fourth-order valence-corrected chi connectivity index (χ4v) is 0.979. The Labute approximate surface area is 69.4 Å². The summed E-state index contributed by atoms with van der Waals surface area (Å²) in [4.78, 5) is 0. The molecule has 2 nitrogen and oxygen atoms in total. The number of rotatable bonds is 2. The SMILES string of the molecule is Cc1ccc(F)c(CNN)c1F. The fraction of sp³-hybridized carbons (Fsp3) is 0.250. The predicted octanol–water partition coefficient (Wildman–Crippen LogP) is 1.24. The van der Waals surface area contributed by atoms with Gasteiger partial charge < -0.3 is 0 Å². The van der Waals surface area contributed by atoms with Gasteiger partial charge in [0, 0.05) is 12.1 Å². The largest absolute Gasteiger partial charge is 0.271 e. The van der Waals surface area contributed by atoms with Crippen LogP contribution >= 0.6 is 0 Å². The number of aryl methyl sites for hydroxylation is 1. The molecular weight excluding hydrogens is 162 g/mol. The number of hydrazine groups is 1. The zero-order valence-corrected chi connectivity index (χ0v) is 6.70. The summed E-state index contributed by atoms with van der Waals surface area (Å²) in [5, 5.41) is 0. The Morgan fingerprint density at radius 1 is 1.42 bits per heavy atom. The van der Waals surface area contributed by atoms with Crippen LogP contribution in [-0.4, -0.2) is 0 Å². The predicted molar refractivity (Wildman–Crippen MR) is 42.1 cm³/mol. The lowest BCUT2D eigenvalue weighted by atomic mass is 10.1. The normalized spacial score (nSPS) is 10.3. The minimum atomic E-state index is -0.573. The van der Waals surface area contributed by atoms with Crippen molar-refractivity contribution in [1.82, 2.24) is 5.43 Å². The van der Waals surface area contributed by atoms with Gasteiger partial charge in [0.05, 0.1) is 0 Å². The van der Waals surface area contributed by atoms with E-state index in [1.807, 2.05) is 0 Å². The van der Waals surface area contributed by atoms with Gasteiger partial charge in [-0.3, -0.25) is 11.3 Å². The first-order valence-corrected chi connectivity index (χ1v) is 3.53. The van der Waals surface area contributed by atoms with Gasteiger partial charge in [-0.15, -0.1) is 0 Å². The summed E-state index contributed by atoms with van der Waals surface area (Å²) in [6.07, 6.45) is 0. The van der Waals surface area contributed by atoms with Gasteiger partial charge in [0.25, 0.3) is 0 Å². The van der Waals surface area contributed by atoms with Crippen LogP contribution < -0.4 is 11.3 Å². The van der Waals surface area contributed by atoms with Crippen molar-refractivity contribution in [1.29, 1.82) is 0 Å². The van der Waals surface area contributed by atoms with Crippen molar-refractivity contribution < 1.29 is 8.78 Å². The highest BCUT2D eigenvalue weighted by Gasteiger charge is 2.09. The van der Waals surface area contributed by atoms with Crippen molar-refractivity contribution in [2.24, 2.45) is 5.84 Å². The van der Waals surface area contributed by atoms with Crippen LogP contribution in [0, 0.1) is 18.6 Å². The molecule has 0 saturated heterocycles. The standard InChI is InChI=1S/C8H10F2N2/c1-5-2-3-7(9)6(4-12-11)8(5)10/h2-3,12H,4,11H2,1H3. The molecule has 0 saturated carbocycles. The zero-order chi connectivity index (χ0) is 9.14. The van der Waals surface area contributed by atoms with Crippen LogP contribution in [0.15, 0.2) is 12.1 Å². The van der Waals surface area contributed by atoms with Gasteiger partial charge in [-0.1, -0.05) is 6.07 Å². The smallest absolute Gasteiger partial charge is 0.133 e. The van der Waals surface area contributed by atoms with E-state index < -0.39 is 11.6 Å². The van der Waals surface area contributed by atoms with E-state index >= 15 is 0 Å². The molecule has 0 spiro atoms. The lowest BCUT2D eigenvalue weighted by Gasteiger charge is -2.05. The molecule has 1 aromatic rings. The number of hydrogen-bond acceptors (Lipinski definition) is 2. The molecule has 0 aliphatic carbocycles. The Morgan fingerprint density at radius 3 is 2.67 bits per heavy atom. The topological polar surface area (TPSA) is 38.0 Å². The fourth-order valence-electron chi connectivity index (χ4n) is 0.979. The first kappa shape index (κ1) is 9.09. The summed E-state index contributed by atoms with van der Waals surface area (Å²) in [6.45, 7) is 1.58. The second-order valence-electron chi connectivity index (χ2n) is 2.54. The molecule has 12 heavy (non-hydrogen) atoms. The molecule has 66 valence electrons. The number of nitrogens with one attached hydrogen (secondary N) is 1. The molecule has 0 aromatic heterocycles. The molecule has 0 unspecified atom stereocenters. The highest BCUT2D eigenvalue weighted by atomic mass is 19.1. The van der Waals surface area contributed by atoms with E-state index in [-0.39, 0.29) is 12.1 Å². The quantitative estimate of drug-likeness (QED) is 0.520. The minimum absolute atomic E-state index is 0.000648. The number of nitrogens with two attached hydrogens (primary N) is 1. The molecule has 0 heterocycles. The van der Waals surface area contributed by atoms with Crippen molar-refractivity contribution in [3.63, 3.8) is 0 Å². The van der Waals surface area contributed by atoms with Gasteiger partial charge in [-0.25, -0.2) is 8.78 Å². The molecule has 0 amide bonds. The Balaban J connectivity index is 3.14. The molecule has 1 rings (SSSR count). The van der Waals surface area contributed by atoms with Crippen LogP contribution in [0.3, 0.4) is 0 Å². The van der Waals surface area contributed by atoms with E-state index in [0.717, 1.165) is 0 Å². The average molecular weight is 172 g/mol. The van der Waals surface area contributed by atoms with Gasteiger partial charge in [-0.2, -0.15) is 0 Å². The summed E-state index contributed by atoms with van der Waals surface area (Å²) in [6, 6.07) is 2.62. The van der Waals surface area contributed by atoms with Gasteiger partial charge in [0.15, 0.2) is 0 Å². The highest BCUT2D eigenvalue weighted by molar-refractivity contribution is 5.26. The molecule has 1 aromatic carbocycles. The van der Waals surface area contributed by atoms with Crippen molar-refractivity contribution in [2.75, 3.05) is 0 Å². The van der Waals surface area contributed by atoms with E-state index in [9.17, 15) is 8.78 Å².